The van der Waals surface area contributed by atoms with Crippen molar-refractivity contribution in [3.05, 3.63) is 59.9 Å². The maximum atomic E-state index is 12.7. The van der Waals surface area contributed by atoms with E-state index < -0.39 is 11.7 Å². The highest BCUT2D eigenvalue weighted by Crippen LogP contribution is 2.35. The van der Waals surface area contributed by atoms with Crippen molar-refractivity contribution in [3.63, 3.8) is 0 Å². The topological polar surface area (TPSA) is 25.2 Å². The second-order valence-corrected chi connectivity index (χ2v) is 3.56. The molecule has 5 heteroatoms. The highest BCUT2D eigenvalue weighted by atomic mass is 19.4. The van der Waals surface area contributed by atoms with Crippen LogP contribution in [-0.2, 0) is 6.18 Å². The molecule has 18 heavy (non-hydrogen) atoms. The Morgan fingerprint density at radius 2 is 1.83 bits per heavy atom. The maximum Gasteiger partial charge on any atom is 0.418 e. The Kier molecular flexibility index (Phi) is 3.41. The van der Waals surface area contributed by atoms with E-state index >= 15 is 0 Å². The molecule has 0 spiro atoms. The van der Waals surface area contributed by atoms with Crippen LogP contribution in [0.4, 0.5) is 18.9 Å². The van der Waals surface area contributed by atoms with Gasteiger partial charge < -0.3 is 0 Å². The third kappa shape index (κ3) is 2.94. The number of benzene rings is 1. The molecule has 0 amide bonds. The van der Waals surface area contributed by atoms with Gasteiger partial charge in [0.2, 0.25) is 0 Å². The summed E-state index contributed by atoms with van der Waals surface area (Å²) in [5.74, 6) is 0. The van der Waals surface area contributed by atoms with Gasteiger partial charge in [-0.1, -0.05) is 18.2 Å². The molecule has 0 bridgehead atoms. The van der Waals surface area contributed by atoms with Crippen molar-refractivity contribution in [2.45, 2.75) is 6.18 Å². The average molecular weight is 250 g/mol. The molecule has 1 aromatic heterocycles. The predicted molar refractivity (Wildman–Crippen MR) is 62.9 cm³/mol. The summed E-state index contributed by atoms with van der Waals surface area (Å²) in [6.07, 6.45) is 0.0706. The average Bonchev–Trinajstić information content (AvgIpc) is 2.37. The first-order valence-corrected chi connectivity index (χ1v) is 5.18. The van der Waals surface area contributed by atoms with E-state index in [0.29, 0.717) is 5.56 Å². The molecule has 2 aromatic rings. The third-order valence-corrected chi connectivity index (χ3v) is 2.25. The van der Waals surface area contributed by atoms with E-state index in [4.69, 9.17) is 0 Å². The van der Waals surface area contributed by atoms with E-state index in [1.54, 1.807) is 18.3 Å². The molecule has 1 aromatic carbocycles. The molecular weight excluding hydrogens is 241 g/mol. The van der Waals surface area contributed by atoms with Gasteiger partial charge in [0.1, 0.15) is 0 Å². The Labute approximate surface area is 102 Å². The van der Waals surface area contributed by atoms with Gasteiger partial charge in [0.25, 0.3) is 0 Å². The minimum atomic E-state index is -4.40. The molecule has 0 aliphatic heterocycles. The second-order valence-electron chi connectivity index (χ2n) is 3.56. The first kappa shape index (κ1) is 12.3. The number of pyridine rings is 1. The minimum Gasteiger partial charge on any atom is -0.264 e. The van der Waals surface area contributed by atoms with Gasteiger partial charge in [-0.3, -0.25) is 9.98 Å². The smallest absolute Gasteiger partial charge is 0.264 e. The van der Waals surface area contributed by atoms with Crippen LogP contribution in [0.1, 0.15) is 11.1 Å². The molecule has 0 aliphatic rings. The van der Waals surface area contributed by atoms with E-state index in [1.165, 1.54) is 30.6 Å². The summed E-state index contributed by atoms with van der Waals surface area (Å²) in [6, 6.07) is 8.60. The SMILES string of the molecule is FC(F)(F)c1ccccc1N=Cc1cccnc1. The zero-order chi connectivity index (χ0) is 13.0. The summed E-state index contributed by atoms with van der Waals surface area (Å²) in [7, 11) is 0. The van der Waals surface area contributed by atoms with Gasteiger partial charge in [-0.25, -0.2) is 0 Å². The van der Waals surface area contributed by atoms with Gasteiger partial charge in [0.05, 0.1) is 11.3 Å². The summed E-state index contributed by atoms with van der Waals surface area (Å²) in [4.78, 5) is 7.71. The second kappa shape index (κ2) is 5.00. The molecule has 2 nitrogen and oxygen atoms in total. The zero-order valence-electron chi connectivity index (χ0n) is 9.22. The highest BCUT2D eigenvalue weighted by molar-refractivity contribution is 5.81. The van der Waals surface area contributed by atoms with E-state index in [0.717, 1.165) is 6.07 Å². The fourth-order valence-electron chi connectivity index (χ4n) is 1.42. The number of aromatic nitrogens is 1. The summed E-state index contributed by atoms with van der Waals surface area (Å²) in [5, 5.41) is 0. The largest absolute Gasteiger partial charge is 0.418 e. The number of hydrogen-bond donors (Lipinski definition) is 0. The first-order valence-electron chi connectivity index (χ1n) is 5.18. The quantitative estimate of drug-likeness (QED) is 0.743. The Balaban J connectivity index is 2.33. The van der Waals surface area contributed by atoms with Crippen molar-refractivity contribution < 1.29 is 13.2 Å². The van der Waals surface area contributed by atoms with Gasteiger partial charge >= 0.3 is 6.18 Å². The van der Waals surface area contributed by atoms with Crippen molar-refractivity contribution in [1.82, 2.24) is 4.98 Å². The highest BCUT2D eigenvalue weighted by Gasteiger charge is 2.32. The molecule has 0 radical (unpaired) electrons. The van der Waals surface area contributed by atoms with Crippen molar-refractivity contribution in [1.29, 1.82) is 0 Å². The van der Waals surface area contributed by atoms with Crippen molar-refractivity contribution in [2.75, 3.05) is 0 Å². The molecule has 92 valence electrons. The van der Waals surface area contributed by atoms with Gasteiger partial charge in [0.15, 0.2) is 0 Å². The number of hydrogen-bond acceptors (Lipinski definition) is 2. The number of alkyl halides is 3. The fraction of sp³-hybridized carbons (Fsp3) is 0.0769. The monoisotopic (exact) mass is 250 g/mol. The minimum absolute atomic E-state index is 0.103. The third-order valence-electron chi connectivity index (χ3n) is 2.25. The first-order chi connectivity index (χ1) is 8.57. The van der Waals surface area contributed by atoms with E-state index in [9.17, 15) is 13.2 Å². The van der Waals surface area contributed by atoms with Crippen LogP contribution in [0.15, 0.2) is 53.8 Å². The molecule has 0 aliphatic carbocycles. The van der Waals surface area contributed by atoms with E-state index in [2.05, 4.69) is 9.98 Å². The predicted octanol–water partition coefficient (Wildman–Crippen LogP) is 3.85. The number of nitrogens with zero attached hydrogens (tertiary/aromatic N) is 2. The van der Waals surface area contributed by atoms with Gasteiger partial charge in [-0.2, -0.15) is 13.2 Å². The molecule has 0 unspecified atom stereocenters. The van der Waals surface area contributed by atoms with Crippen LogP contribution in [0.3, 0.4) is 0 Å². The van der Waals surface area contributed by atoms with Crippen LogP contribution in [0.5, 0.6) is 0 Å². The lowest BCUT2D eigenvalue weighted by Gasteiger charge is -2.08. The Bertz CT molecular complexity index is 548. The molecule has 0 N–H and O–H groups in total. The molecule has 0 saturated heterocycles. The van der Waals surface area contributed by atoms with E-state index in [-0.39, 0.29) is 5.69 Å². The zero-order valence-corrected chi connectivity index (χ0v) is 9.22. The number of aliphatic imine (C=N–C) groups is 1. The van der Waals surface area contributed by atoms with Crippen molar-refractivity contribution in [3.8, 4) is 0 Å². The van der Waals surface area contributed by atoms with Crippen LogP contribution in [0.2, 0.25) is 0 Å². The Morgan fingerprint density at radius 1 is 1.06 bits per heavy atom. The number of rotatable bonds is 2. The fourth-order valence-corrected chi connectivity index (χ4v) is 1.42. The van der Waals surface area contributed by atoms with Crippen LogP contribution < -0.4 is 0 Å². The van der Waals surface area contributed by atoms with Gasteiger partial charge in [-0.15, -0.1) is 0 Å². The summed E-state index contributed by atoms with van der Waals surface area (Å²) >= 11 is 0. The van der Waals surface area contributed by atoms with Gasteiger partial charge in [-0.05, 0) is 18.2 Å². The Hall–Kier alpha value is -2.17. The number of para-hydroxylation sites is 1. The maximum absolute atomic E-state index is 12.7. The van der Waals surface area contributed by atoms with Crippen LogP contribution in [0, 0.1) is 0 Å². The summed E-state index contributed by atoms with van der Waals surface area (Å²) in [6.45, 7) is 0. The molecular formula is C13H9F3N2. The summed E-state index contributed by atoms with van der Waals surface area (Å²) < 4.78 is 38.1. The van der Waals surface area contributed by atoms with Crippen LogP contribution in [0.25, 0.3) is 0 Å². The molecule has 0 atom stereocenters. The van der Waals surface area contributed by atoms with E-state index in [1.807, 2.05) is 0 Å². The van der Waals surface area contributed by atoms with Crippen molar-refractivity contribution >= 4 is 11.9 Å². The molecule has 0 fully saturated rings. The number of halogens is 3. The normalized spacial score (nSPS) is 11.9. The molecule has 1 heterocycles. The van der Waals surface area contributed by atoms with Crippen molar-refractivity contribution in [2.24, 2.45) is 4.99 Å². The van der Waals surface area contributed by atoms with Gasteiger partial charge in [0, 0.05) is 24.2 Å². The Morgan fingerprint density at radius 3 is 2.50 bits per heavy atom. The lowest BCUT2D eigenvalue weighted by atomic mass is 10.2. The lowest BCUT2D eigenvalue weighted by Crippen LogP contribution is -2.04. The summed E-state index contributed by atoms with van der Waals surface area (Å²) in [5.41, 5.74) is -0.200. The van der Waals surface area contributed by atoms with Crippen LogP contribution >= 0.6 is 0 Å². The molecule has 2 rings (SSSR count). The van der Waals surface area contributed by atoms with Crippen LogP contribution in [-0.4, -0.2) is 11.2 Å². The lowest BCUT2D eigenvalue weighted by molar-refractivity contribution is -0.137. The molecule has 0 saturated carbocycles. The standard InChI is InChI=1S/C13H9F3N2/c14-13(15,16)11-5-1-2-6-12(11)18-9-10-4-3-7-17-8-10/h1-9H.